The van der Waals surface area contributed by atoms with Gasteiger partial charge < -0.3 is 0 Å². The summed E-state index contributed by atoms with van der Waals surface area (Å²) in [6, 6.07) is 4.48. The monoisotopic (exact) mass is 438 g/mol. The lowest BCUT2D eigenvalue weighted by molar-refractivity contribution is 0.206. The lowest BCUT2D eigenvalue weighted by Crippen LogP contribution is -2.21. The Balaban J connectivity index is 1.61. The number of halogens is 5. The molecule has 1 aliphatic carbocycles. The van der Waals surface area contributed by atoms with Gasteiger partial charge in [-0.2, -0.15) is 0 Å². The summed E-state index contributed by atoms with van der Waals surface area (Å²) in [4.78, 5) is 0. The molecule has 31 heavy (non-hydrogen) atoms. The van der Waals surface area contributed by atoms with Gasteiger partial charge in [0.1, 0.15) is 11.6 Å². The quantitative estimate of drug-likeness (QED) is 0.290. The summed E-state index contributed by atoms with van der Waals surface area (Å²) in [6.45, 7) is 4.38. The number of hydrogen-bond donors (Lipinski definition) is 0. The summed E-state index contributed by atoms with van der Waals surface area (Å²) < 4.78 is 69.0. The molecule has 0 radical (unpaired) electrons. The zero-order valence-electron chi connectivity index (χ0n) is 18.3. The van der Waals surface area contributed by atoms with Crippen LogP contribution in [0, 0.1) is 46.8 Å². The van der Waals surface area contributed by atoms with Gasteiger partial charge >= 0.3 is 0 Å². The molecule has 0 nitrogen and oxygen atoms in total. The topological polar surface area (TPSA) is 0 Å². The van der Waals surface area contributed by atoms with Crippen LogP contribution in [0.5, 0.6) is 0 Å². The van der Waals surface area contributed by atoms with Crippen LogP contribution in [0.25, 0.3) is 0 Å². The normalized spacial score (nSPS) is 20.1. The highest BCUT2D eigenvalue weighted by molar-refractivity contribution is 5.28. The van der Waals surface area contributed by atoms with Gasteiger partial charge in [0.15, 0.2) is 17.5 Å². The maximum atomic E-state index is 14.6. The average molecular weight is 439 g/mol. The molecule has 0 bridgehead atoms. The van der Waals surface area contributed by atoms with Crippen LogP contribution in [0.15, 0.2) is 24.3 Å². The molecule has 2 aromatic carbocycles. The minimum Gasteiger partial charge on any atom is -0.207 e. The smallest absolute Gasteiger partial charge is 0.194 e. The van der Waals surface area contributed by atoms with E-state index < -0.39 is 29.1 Å². The summed E-state index contributed by atoms with van der Waals surface area (Å²) in [6.07, 6.45) is 7.95. The van der Waals surface area contributed by atoms with Gasteiger partial charge in [0.25, 0.3) is 0 Å². The van der Waals surface area contributed by atoms with E-state index in [0.717, 1.165) is 18.1 Å². The van der Waals surface area contributed by atoms with E-state index in [1.165, 1.54) is 50.7 Å². The molecule has 0 N–H and O–H groups in total. The largest absolute Gasteiger partial charge is 0.207 e. The first kappa shape index (κ1) is 23.7. The predicted molar refractivity (Wildman–Crippen MR) is 113 cm³/mol. The van der Waals surface area contributed by atoms with Gasteiger partial charge in [0, 0.05) is 5.56 Å². The third-order valence-corrected chi connectivity index (χ3v) is 6.86. The maximum absolute atomic E-state index is 14.6. The fraction of sp³-hybridized carbons (Fsp3) is 0.538. The summed E-state index contributed by atoms with van der Waals surface area (Å²) in [5.74, 6) is -3.66. The Kier molecular flexibility index (Phi) is 8.12. The molecule has 2 aromatic rings. The Labute approximate surface area is 181 Å². The lowest BCUT2D eigenvalue weighted by atomic mass is 9.73. The van der Waals surface area contributed by atoms with E-state index in [9.17, 15) is 22.0 Å². The van der Waals surface area contributed by atoms with E-state index in [0.29, 0.717) is 23.8 Å². The number of benzene rings is 2. The van der Waals surface area contributed by atoms with Crippen molar-refractivity contribution in [3.05, 3.63) is 70.0 Å². The molecule has 170 valence electrons. The fourth-order valence-electron chi connectivity index (χ4n) is 5.03. The number of aryl methyl sites for hydroxylation is 1. The second-order valence-corrected chi connectivity index (χ2v) is 9.16. The van der Waals surface area contributed by atoms with E-state index >= 15 is 0 Å². The first-order valence-electron chi connectivity index (χ1n) is 11.4. The molecular weight excluding hydrogens is 407 g/mol. The Hall–Kier alpha value is -1.91. The van der Waals surface area contributed by atoms with Gasteiger partial charge in [-0.1, -0.05) is 39.5 Å². The third-order valence-electron chi connectivity index (χ3n) is 6.86. The van der Waals surface area contributed by atoms with Gasteiger partial charge in [-0.15, -0.1) is 0 Å². The van der Waals surface area contributed by atoms with Crippen molar-refractivity contribution >= 4 is 0 Å². The molecule has 1 aliphatic rings. The maximum Gasteiger partial charge on any atom is 0.194 e. The van der Waals surface area contributed by atoms with E-state index in [-0.39, 0.29) is 24.0 Å². The Morgan fingerprint density at radius 2 is 1.32 bits per heavy atom. The lowest BCUT2D eigenvalue weighted by Gasteiger charge is -2.32. The van der Waals surface area contributed by atoms with Crippen LogP contribution in [0.1, 0.15) is 69.1 Å². The van der Waals surface area contributed by atoms with Gasteiger partial charge in [-0.05, 0) is 85.3 Å². The van der Waals surface area contributed by atoms with Crippen LogP contribution in [0.4, 0.5) is 22.0 Å². The molecule has 0 saturated heterocycles. The zero-order chi connectivity index (χ0) is 22.5. The van der Waals surface area contributed by atoms with E-state index in [2.05, 4.69) is 13.8 Å². The van der Waals surface area contributed by atoms with Gasteiger partial charge in [-0.25, -0.2) is 22.0 Å². The Morgan fingerprint density at radius 1 is 0.774 bits per heavy atom. The van der Waals surface area contributed by atoms with Gasteiger partial charge in [0.05, 0.1) is 0 Å². The van der Waals surface area contributed by atoms with Crippen molar-refractivity contribution < 1.29 is 22.0 Å². The molecule has 0 spiro atoms. The van der Waals surface area contributed by atoms with Crippen LogP contribution in [-0.2, 0) is 19.3 Å². The molecule has 1 atom stereocenters. The van der Waals surface area contributed by atoms with Crippen LogP contribution in [0.3, 0.4) is 0 Å². The van der Waals surface area contributed by atoms with Crippen LogP contribution in [-0.4, -0.2) is 0 Å². The van der Waals surface area contributed by atoms with Crippen molar-refractivity contribution in [3.8, 4) is 0 Å². The van der Waals surface area contributed by atoms with E-state index in [1.54, 1.807) is 0 Å². The highest BCUT2D eigenvalue weighted by Crippen LogP contribution is 2.36. The highest BCUT2D eigenvalue weighted by atomic mass is 19.2. The summed E-state index contributed by atoms with van der Waals surface area (Å²) in [5, 5.41) is 0. The van der Waals surface area contributed by atoms with Crippen molar-refractivity contribution in [1.82, 2.24) is 0 Å². The Morgan fingerprint density at radius 3 is 1.87 bits per heavy atom. The second-order valence-electron chi connectivity index (χ2n) is 9.16. The van der Waals surface area contributed by atoms with Gasteiger partial charge in [0.2, 0.25) is 0 Å². The average Bonchev–Trinajstić information content (AvgIpc) is 2.72. The molecule has 1 saturated carbocycles. The third kappa shape index (κ3) is 6.08. The van der Waals surface area contributed by atoms with Crippen molar-refractivity contribution in [3.63, 3.8) is 0 Å². The molecule has 1 unspecified atom stereocenters. The molecule has 5 heteroatoms. The summed E-state index contributed by atoms with van der Waals surface area (Å²) >= 11 is 0. The number of hydrogen-bond acceptors (Lipinski definition) is 0. The molecule has 1 fully saturated rings. The zero-order valence-corrected chi connectivity index (χ0v) is 18.3. The summed E-state index contributed by atoms with van der Waals surface area (Å²) in [5.41, 5.74) is 0.689. The SMILES string of the molecule is CCCC1CCC(C(C)Cc2cc(F)c(CCc3cc(F)c(F)c(F)c3)c(F)c2)CC1. The first-order valence-corrected chi connectivity index (χ1v) is 11.4. The molecule has 0 aliphatic heterocycles. The van der Waals surface area contributed by atoms with Crippen LogP contribution in [0.2, 0.25) is 0 Å². The van der Waals surface area contributed by atoms with Gasteiger partial charge in [-0.3, -0.25) is 0 Å². The van der Waals surface area contributed by atoms with Crippen LogP contribution < -0.4 is 0 Å². The minimum atomic E-state index is -1.54. The minimum absolute atomic E-state index is 0.0126. The van der Waals surface area contributed by atoms with Crippen molar-refractivity contribution in [2.24, 2.45) is 17.8 Å². The first-order chi connectivity index (χ1) is 14.8. The molecule has 0 heterocycles. The molecule has 3 rings (SSSR count). The van der Waals surface area contributed by atoms with Crippen LogP contribution >= 0.6 is 0 Å². The van der Waals surface area contributed by atoms with Crippen molar-refractivity contribution in [1.29, 1.82) is 0 Å². The van der Waals surface area contributed by atoms with Crippen molar-refractivity contribution in [2.75, 3.05) is 0 Å². The molecule has 0 amide bonds. The van der Waals surface area contributed by atoms with Crippen molar-refractivity contribution in [2.45, 2.75) is 71.6 Å². The molecule has 0 aromatic heterocycles. The van der Waals surface area contributed by atoms with E-state index in [4.69, 9.17) is 0 Å². The number of rotatable bonds is 8. The van der Waals surface area contributed by atoms with E-state index in [1.807, 2.05) is 0 Å². The standard InChI is InChI=1S/C26H31F5/c1-3-4-17-5-8-20(9-6-17)16(2)11-19-14-22(27)21(23(28)15-19)10-7-18-12-24(29)26(31)25(30)13-18/h12-17,20H,3-11H2,1-2H3. The fourth-order valence-corrected chi connectivity index (χ4v) is 5.03. The molecular formula is C26H31F5. The highest BCUT2D eigenvalue weighted by Gasteiger charge is 2.25. The predicted octanol–water partition coefficient (Wildman–Crippen LogP) is 7.95. The second kappa shape index (κ2) is 10.6. The Bertz CT molecular complexity index is 837. The summed E-state index contributed by atoms with van der Waals surface area (Å²) in [7, 11) is 0.